The van der Waals surface area contributed by atoms with Gasteiger partial charge in [-0.05, 0) is 35.0 Å². The van der Waals surface area contributed by atoms with Gasteiger partial charge < -0.3 is 5.32 Å². The first-order chi connectivity index (χ1) is 9.72. The van der Waals surface area contributed by atoms with Gasteiger partial charge in [0.15, 0.2) is 0 Å². The van der Waals surface area contributed by atoms with Crippen molar-refractivity contribution in [3.63, 3.8) is 0 Å². The largest absolute Gasteiger partial charge is 0.356 e. The molecule has 1 N–H and O–H groups in total. The lowest BCUT2D eigenvalue weighted by molar-refractivity contribution is -0.384. The highest BCUT2D eigenvalue weighted by Gasteiger charge is 2.04. The zero-order valence-electron chi connectivity index (χ0n) is 10.6. The molecule has 3 aromatic carbocycles. The van der Waals surface area contributed by atoms with E-state index in [1.807, 2.05) is 24.3 Å². The zero-order chi connectivity index (χ0) is 13.9. The molecule has 98 valence electrons. The highest BCUT2D eigenvalue weighted by Crippen LogP contribution is 2.23. The fourth-order valence-corrected chi connectivity index (χ4v) is 2.10. The van der Waals surface area contributed by atoms with Gasteiger partial charge in [0, 0.05) is 23.5 Å². The van der Waals surface area contributed by atoms with Gasteiger partial charge in [-0.2, -0.15) is 0 Å². The third-order valence-corrected chi connectivity index (χ3v) is 3.12. The first-order valence-corrected chi connectivity index (χ1v) is 6.23. The van der Waals surface area contributed by atoms with E-state index in [0.29, 0.717) is 0 Å². The van der Waals surface area contributed by atoms with Crippen molar-refractivity contribution in [3.8, 4) is 0 Å². The number of non-ortho nitro benzene ring substituents is 1. The number of hydrogen-bond donors (Lipinski definition) is 1. The summed E-state index contributed by atoms with van der Waals surface area (Å²) in [5.41, 5.74) is 1.87. The molecule has 0 radical (unpaired) electrons. The SMILES string of the molecule is O=[N+]([O-])c1ccc(Nc2ccc3ccccc3c2)cc1. The van der Waals surface area contributed by atoms with Gasteiger partial charge in [-0.3, -0.25) is 10.1 Å². The maximum atomic E-state index is 10.6. The topological polar surface area (TPSA) is 55.2 Å². The Morgan fingerprint density at radius 2 is 1.45 bits per heavy atom. The molecule has 0 aliphatic carbocycles. The van der Waals surface area contributed by atoms with Crippen molar-refractivity contribution in [2.75, 3.05) is 5.32 Å². The van der Waals surface area contributed by atoms with Gasteiger partial charge in [0.2, 0.25) is 0 Å². The first kappa shape index (κ1) is 12.2. The van der Waals surface area contributed by atoms with Crippen molar-refractivity contribution in [2.24, 2.45) is 0 Å². The van der Waals surface area contributed by atoms with Crippen LogP contribution < -0.4 is 5.32 Å². The molecule has 0 heterocycles. The number of benzene rings is 3. The van der Waals surface area contributed by atoms with E-state index < -0.39 is 4.92 Å². The fraction of sp³-hybridized carbons (Fsp3) is 0. The van der Waals surface area contributed by atoms with Crippen LogP contribution in [-0.2, 0) is 0 Å². The highest BCUT2D eigenvalue weighted by atomic mass is 16.6. The number of anilines is 2. The second-order valence-corrected chi connectivity index (χ2v) is 4.49. The molecular formula is C16H12N2O2. The molecule has 0 amide bonds. The Hall–Kier alpha value is -2.88. The molecule has 3 aromatic rings. The van der Waals surface area contributed by atoms with Crippen LogP contribution in [-0.4, -0.2) is 4.92 Å². The van der Waals surface area contributed by atoms with E-state index in [9.17, 15) is 10.1 Å². The van der Waals surface area contributed by atoms with E-state index in [4.69, 9.17) is 0 Å². The third kappa shape index (κ3) is 2.44. The number of fused-ring (bicyclic) bond motifs is 1. The van der Waals surface area contributed by atoms with Crippen molar-refractivity contribution >= 4 is 27.8 Å². The van der Waals surface area contributed by atoms with Crippen LogP contribution in [0.5, 0.6) is 0 Å². The fourth-order valence-electron chi connectivity index (χ4n) is 2.10. The molecular weight excluding hydrogens is 252 g/mol. The van der Waals surface area contributed by atoms with Crippen LogP contribution in [0, 0.1) is 10.1 Å². The van der Waals surface area contributed by atoms with Crippen LogP contribution >= 0.6 is 0 Å². The second kappa shape index (κ2) is 5.01. The highest BCUT2D eigenvalue weighted by molar-refractivity contribution is 5.86. The monoisotopic (exact) mass is 264 g/mol. The van der Waals surface area contributed by atoms with Gasteiger partial charge in [-0.1, -0.05) is 30.3 Å². The number of nitro benzene ring substituents is 1. The molecule has 20 heavy (non-hydrogen) atoms. The average molecular weight is 264 g/mol. The lowest BCUT2D eigenvalue weighted by atomic mass is 10.1. The molecule has 0 aromatic heterocycles. The number of nitro groups is 1. The van der Waals surface area contributed by atoms with Gasteiger partial charge in [0.05, 0.1) is 4.92 Å². The standard InChI is InChI=1S/C16H12N2O2/c19-18(20)16-9-7-14(8-10-16)17-15-6-5-12-3-1-2-4-13(12)11-15/h1-11,17H. The molecule has 3 rings (SSSR count). The van der Waals surface area contributed by atoms with Gasteiger partial charge in [-0.15, -0.1) is 0 Å². The molecule has 0 aliphatic heterocycles. The molecule has 0 saturated heterocycles. The first-order valence-electron chi connectivity index (χ1n) is 6.23. The summed E-state index contributed by atoms with van der Waals surface area (Å²) < 4.78 is 0. The van der Waals surface area contributed by atoms with Crippen molar-refractivity contribution in [3.05, 3.63) is 76.8 Å². The number of nitrogens with zero attached hydrogens (tertiary/aromatic N) is 1. The van der Waals surface area contributed by atoms with Crippen molar-refractivity contribution < 1.29 is 4.92 Å². The minimum atomic E-state index is -0.403. The van der Waals surface area contributed by atoms with Crippen LogP contribution in [0.1, 0.15) is 0 Å². The molecule has 0 saturated carbocycles. The van der Waals surface area contributed by atoms with E-state index in [1.54, 1.807) is 12.1 Å². The van der Waals surface area contributed by atoms with Crippen LogP contribution in [0.4, 0.5) is 17.1 Å². The molecule has 4 heteroatoms. The van der Waals surface area contributed by atoms with Gasteiger partial charge in [-0.25, -0.2) is 0 Å². The molecule has 0 fully saturated rings. The summed E-state index contributed by atoms with van der Waals surface area (Å²) in [5.74, 6) is 0. The number of nitrogens with one attached hydrogen (secondary N) is 1. The van der Waals surface area contributed by atoms with Crippen LogP contribution in [0.15, 0.2) is 66.7 Å². The summed E-state index contributed by atoms with van der Waals surface area (Å²) in [6.07, 6.45) is 0. The Balaban J connectivity index is 1.87. The van der Waals surface area contributed by atoms with E-state index in [2.05, 4.69) is 23.5 Å². The second-order valence-electron chi connectivity index (χ2n) is 4.49. The predicted molar refractivity (Wildman–Crippen MR) is 80.3 cm³/mol. The summed E-state index contributed by atoms with van der Waals surface area (Å²) in [5, 5.41) is 16.2. The lowest BCUT2D eigenvalue weighted by Crippen LogP contribution is -1.91. The maximum absolute atomic E-state index is 10.6. The summed E-state index contributed by atoms with van der Waals surface area (Å²) in [6, 6.07) is 20.6. The number of hydrogen-bond acceptors (Lipinski definition) is 3. The Labute approximate surface area is 115 Å². The molecule has 4 nitrogen and oxygen atoms in total. The average Bonchev–Trinajstić information content (AvgIpc) is 2.48. The van der Waals surface area contributed by atoms with Crippen LogP contribution in [0.2, 0.25) is 0 Å². The van der Waals surface area contributed by atoms with Crippen molar-refractivity contribution in [1.82, 2.24) is 0 Å². The Morgan fingerprint density at radius 3 is 2.15 bits per heavy atom. The summed E-state index contributed by atoms with van der Waals surface area (Å²) in [4.78, 5) is 10.2. The molecule has 0 spiro atoms. The van der Waals surface area contributed by atoms with Crippen LogP contribution in [0.25, 0.3) is 10.8 Å². The van der Waals surface area contributed by atoms with Gasteiger partial charge in [0.1, 0.15) is 0 Å². The maximum Gasteiger partial charge on any atom is 0.269 e. The molecule has 0 bridgehead atoms. The predicted octanol–water partition coefficient (Wildman–Crippen LogP) is 4.49. The minimum Gasteiger partial charge on any atom is -0.356 e. The summed E-state index contributed by atoms with van der Waals surface area (Å²) in [7, 11) is 0. The number of rotatable bonds is 3. The molecule has 0 aliphatic rings. The third-order valence-electron chi connectivity index (χ3n) is 3.12. The molecule has 0 unspecified atom stereocenters. The van der Waals surface area contributed by atoms with E-state index in [-0.39, 0.29) is 5.69 Å². The zero-order valence-corrected chi connectivity index (χ0v) is 10.6. The van der Waals surface area contributed by atoms with E-state index in [0.717, 1.165) is 16.8 Å². The summed E-state index contributed by atoms with van der Waals surface area (Å²) >= 11 is 0. The van der Waals surface area contributed by atoms with Crippen LogP contribution in [0.3, 0.4) is 0 Å². The summed E-state index contributed by atoms with van der Waals surface area (Å²) in [6.45, 7) is 0. The van der Waals surface area contributed by atoms with E-state index >= 15 is 0 Å². The van der Waals surface area contributed by atoms with Gasteiger partial charge >= 0.3 is 0 Å². The minimum absolute atomic E-state index is 0.0917. The lowest BCUT2D eigenvalue weighted by Gasteiger charge is -2.07. The van der Waals surface area contributed by atoms with Gasteiger partial charge in [0.25, 0.3) is 5.69 Å². The smallest absolute Gasteiger partial charge is 0.269 e. The van der Waals surface area contributed by atoms with Crippen molar-refractivity contribution in [1.29, 1.82) is 0 Å². The van der Waals surface area contributed by atoms with Crippen molar-refractivity contribution in [2.45, 2.75) is 0 Å². The molecule has 0 atom stereocenters. The van der Waals surface area contributed by atoms with E-state index in [1.165, 1.54) is 17.5 Å². The normalized spacial score (nSPS) is 10.4. The Kier molecular flexibility index (Phi) is 3.05. The quantitative estimate of drug-likeness (QED) is 0.560. The Morgan fingerprint density at radius 1 is 0.800 bits per heavy atom. The Bertz CT molecular complexity index is 767.